The first-order valence-electron chi connectivity index (χ1n) is 7.65. The van der Waals surface area contributed by atoms with Crippen molar-refractivity contribution in [2.75, 3.05) is 6.54 Å². The Morgan fingerprint density at radius 3 is 2.00 bits per heavy atom. The number of hydrogen-bond acceptors (Lipinski definition) is 1. The zero-order chi connectivity index (χ0) is 11.2. The summed E-state index contributed by atoms with van der Waals surface area (Å²) in [7, 11) is 0. The van der Waals surface area contributed by atoms with Gasteiger partial charge in [0.1, 0.15) is 0 Å². The minimum Gasteiger partial charge on any atom is -0.313 e. The van der Waals surface area contributed by atoms with Crippen molar-refractivity contribution in [1.29, 1.82) is 0 Å². The van der Waals surface area contributed by atoms with Crippen molar-refractivity contribution in [3.05, 3.63) is 0 Å². The van der Waals surface area contributed by atoms with Crippen LogP contribution in [0.15, 0.2) is 0 Å². The Hall–Kier alpha value is -0.0400. The summed E-state index contributed by atoms with van der Waals surface area (Å²) in [6.45, 7) is 3.52. The van der Waals surface area contributed by atoms with Crippen LogP contribution >= 0.6 is 0 Å². The minimum absolute atomic E-state index is 0.873. The lowest BCUT2D eigenvalue weighted by atomic mass is 9.84. The molecule has 2 aliphatic rings. The van der Waals surface area contributed by atoms with Gasteiger partial charge in [-0.3, -0.25) is 0 Å². The molecule has 2 rings (SSSR count). The molecule has 1 heteroatoms. The molecule has 2 saturated carbocycles. The van der Waals surface area contributed by atoms with Crippen molar-refractivity contribution in [3.8, 4) is 0 Å². The molecule has 1 atom stereocenters. The Kier molecular flexibility index (Phi) is 5.15. The van der Waals surface area contributed by atoms with E-state index in [4.69, 9.17) is 0 Å². The fourth-order valence-corrected chi connectivity index (χ4v) is 3.33. The molecule has 0 spiro atoms. The average molecular weight is 223 g/mol. The first-order chi connectivity index (χ1) is 7.92. The lowest BCUT2D eigenvalue weighted by Crippen LogP contribution is -2.38. The predicted octanol–water partition coefficient (Wildman–Crippen LogP) is 4.13. The van der Waals surface area contributed by atoms with E-state index in [0.29, 0.717) is 0 Å². The highest BCUT2D eigenvalue weighted by Gasteiger charge is 2.35. The second-order valence-electron chi connectivity index (χ2n) is 5.92. The van der Waals surface area contributed by atoms with Crippen molar-refractivity contribution in [2.45, 2.75) is 77.2 Å². The molecule has 2 fully saturated rings. The summed E-state index contributed by atoms with van der Waals surface area (Å²) in [6.07, 6.45) is 14.7. The topological polar surface area (TPSA) is 12.0 Å². The van der Waals surface area contributed by atoms with Crippen LogP contribution in [0.5, 0.6) is 0 Å². The van der Waals surface area contributed by atoms with Crippen molar-refractivity contribution in [3.63, 3.8) is 0 Å². The van der Waals surface area contributed by atoms with Crippen LogP contribution in [0, 0.1) is 11.8 Å². The Labute approximate surface area is 101 Å². The zero-order valence-electron chi connectivity index (χ0n) is 11.0. The molecule has 0 saturated heterocycles. The maximum absolute atomic E-state index is 3.85. The van der Waals surface area contributed by atoms with E-state index in [1.54, 1.807) is 0 Å². The van der Waals surface area contributed by atoms with Crippen molar-refractivity contribution in [1.82, 2.24) is 5.32 Å². The van der Waals surface area contributed by atoms with Gasteiger partial charge in [0.05, 0.1) is 0 Å². The molecule has 0 aliphatic heterocycles. The number of hydrogen-bond donors (Lipinski definition) is 1. The summed E-state index contributed by atoms with van der Waals surface area (Å²) in [5.74, 6) is 2.04. The molecule has 0 aromatic carbocycles. The van der Waals surface area contributed by atoms with Gasteiger partial charge in [0.2, 0.25) is 0 Å². The van der Waals surface area contributed by atoms with Crippen LogP contribution < -0.4 is 5.32 Å². The third-order valence-electron chi connectivity index (χ3n) is 4.42. The Bertz CT molecular complexity index is 178. The molecule has 1 N–H and O–H groups in total. The van der Waals surface area contributed by atoms with Gasteiger partial charge in [-0.15, -0.1) is 0 Å². The van der Waals surface area contributed by atoms with Gasteiger partial charge in [-0.05, 0) is 50.5 Å². The van der Waals surface area contributed by atoms with Gasteiger partial charge < -0.3 is 5.32 Å². The summed E-state index contributed by atoms with van der Waals surface area (Å²) in [5, 5.41) is 3.85. The van der Waals surface area contributed by atoms with E-state index < -0.39 is 0 Å². The average Bonchev–Trinajstić information content (AvgIpc) is 3.04. The molecule has 0 radical (unpaired) electrons. The molecule has 0 heterocycles. The maximum Gasteiger partial charge on any atom is 0.0124 e. The summed E-state index contributed by atoms with van der Waals surface area (Å²) in [5.41, 5.74) is 0. The molecule has 94 valence electrons. The largest absolute Gasteiger partial charge is 0.313 e. The third-order valence-corrected chi connectivity index (χ3v) is 4.42. The molecular formula is C15H29N. The lowest BCUT2D eigenvalue weighted by molar-refractivity contribution is 0.263. The Morgan fingerprint density at radius 1 is 0.875 bits per heavy atom. The third kappa shape index (κ3) is 3.76. The summed E-state index contributed by atoms with van der Waals surface area (Å²) in [4.78, 5) is 0. The number of nitrogens with one attached hydrogen (secondary N) is 1. The van der Waals surface area contributed by atoms with Gasteiger partial charge in [0.15, 0.2) is 0 Å². The highest BCUT2D eigenvalue weighted by Crippen LogP contribution is 2.39. The summed E-state index contributed by atoms with van der Waals surface area (Å²) >= 11 is 0. The molecule has 1 unspecified atom stereocenters. The van der Waals surface area contributed by atoms with Gasteiger partial charge in [0, 0.05) is 6.04 Å². The Morgan fingerprint density at radius 2 is 1.44 bits per heavy atom. The smallest absolute Gasteiger partial charge is 0.0124 e. The predicted molar refractivity (Wildman–Crippen MR) is 70.6 cm³/mol. The molecule has 0 aromatic rings. The lowest BCUT2D eigenvalue weighted by Gasteiger charge is -2.30. The van der Waals surface area contributed by atoms with Gasteiger partial charge in [-0.1, -0.05) is 39.0 Å². The zero-order valence-corrected chi connectivity index (χ0v) is 11.0. The fraction of sp³-hybridized carbons (Fsp3) is 1.00. The van der Waals surface area contributed by atoms with E-state index in [1.165, 1.54) is 70.8 Å². The molecule has 0 amide bonds. The van der Waals surface area contributed by atoms with Crippen molar-refractivity contribution in [2.24, 2.45) is 11.8 Å². The molecule has 1 nitrogen and oxygen atoms in total. The van der Waals surface area contributed by atoms with Crippen LogP contribution in [-0.4, -0.2) is 12.6 Å². The summed E-state index contributed by atoms with van der Waals surface area (Å²) < 4.78 is 0. The van der Waals surface area contributed by atoms with Crippen molar-refractivity contribution >= 4 is 0 Å². The van der Waals surface area contributed by atoms with E-state index >= 15 is 0 Å². The molecule has 2 aliphatic carbocycles. The second-order valence-corrected chi connectivity index (χ2v) is 5.92. The van der Waals surface area contributed by atoms with E-state index in [-0.39, 0.29) is 0 Å². The van der Waals surface area contributed by atoms with Crippen LogP contribution in [0.4, 0.5) is 0 Å². The molecule has 16 heavy (non-hydrogen) atoms. The SMILES string of the molecule is CCCNC(C1CCCCCCC1)C1CC1. The quantitative estimate of drug-likeness (QED) is 0.739. The second kappa shape index (κ2) is 6.64. The number of rotatable bonds is 5. The van der Waals surface area contributed by atoms with Gasteiger partial charge in [0.25, 0.3) is 0 Å². The van der Waals surface area contributed by atoms with E-state index in [2.05, 4.69) is 12.2 Å². The van der Waals surface area contributed by atoms with Crippen LogP contribution in [0.25, 0.3) is 0 Å². The monoisotopic (exact) mass is 223 g/mol. The first-order valence-corrected chi connectivity index (χ1v) is 7.65. The van der Waals surface area contributed by atoms with Crippen LogP contribution in [0.2, 0.25) is 0 Å². The normalized spacial score (nSPS) is 26.1. The van der Waals surface area contributed by atoms with Crippen LogP contribution in [0.1, 0.15) is 71.1 Å². The molecular weight excluding hydrogens is 194 g/mol. The minimum atomic E-state index is 0.873. The van der Waals surface area contributed by atoms with E-state index in [1.807, 2.05) is 0 Å². The maximum atomic E-state index is 3.85. The highest BCUT2D eigenvalue weighted by atomic mass is 14.9. The van der Waals surface area contributed by atoms with Gasteiger partial charge in [-0.2, -0.15) is 0 Å². The Balaban J connectivity index is 1.83. The van der Waals surface area contributed by atoms with Crippen molar-refractivity contribution < 1.29 is 0 Å². The van der Waals surface area contributed by atoms with Gasteiger partial charge in [-0.25, -0.2) is 0 Å². The standard InChI is InChI=1S/C15H29N/c1-2-12-16-15(14-10-11-14)13-8-6-4-3-5-7-9-13/h13-16H,2-12H2,1H3. The van der Waals surface area contributed by atoms with E-state index in [0.717, 1.165) is 17.9 Å². The van der Waals surface area contributed by atoms with E-state index in [9.17, 15) is 0 Å². The van der Waals surface area contributed by atoms with Crippen LogP contribution in [-0.2, 0) is 0 Å². The first kappa shape index (κ1) is 12.4. The fourth-order valence-electron chi connectivity index (χ4n) is 3.33. The molecule has 0 aromatic heterocycles. The summed E-state index contributed by atoms with van der Waals surface area (Å²) in [6, 6.07) is 0.873. The highest BCUT2D eigenvalue weighted by molar-refractivity contribution is 4.91. The molecule has 0 bridgehead atoms. The van der Waals surface area contributed by atoms with Gasteiger partial charge >= 0.3 is 0 Å². The van der Waals surface area contributed by atoms with Crippen LogP contribution in [0.3, 0.4) is 0 Å².